The van der Waals surface area contributed by atoms with E-state index in [1.165, 1.54) is 32.1 Å². The molecular weight excluding hydrogens is 144 g/mol. The van der Waals surface area contributed by atoms with Crippen LogP contribution in [-0.2, 0) is 0 Å². The van der Waals surface area contributed by atoms with Crippen molar-refractivity contribution in [1.29, 1.82) is 0 Å². The zero-order valence-corrected chi connectivity index (χ0v) is 9.82. The molecule has 0 heterocycles. The molecule has 1 fully saturated rings. The SMILES string of the molecule is C1CCC1.C=CC.CC.CCC. The summed E-state index contributed by atoms with van der Waals surface area (Å²) < 4.78 is 0. The molecule has 76 valence electrons. The van der Waals surface area contributed by atoms with E-state index >= 15 is 0 Å². The number of hydrogen-bond donors (Lipinski definition) is 0. The van der Waals surface area contributed by atoms with Crippen molar-refractivity contribution >= 4 is 0 Å². The van der Waals surface area contributed by atoms with Crippen LogP contribution in [0.4, 0.5) is 0 Å². The standard InChI is InChI=1S/C4H8.C3H8.C3H6.C2H6/c1-2-4-3-1;2*1-3-2;1-2/h1-4H2;3H2,1-2H3;3H,1H2,2H3;1-2H3. The van der Waals surface area contributed by atoms with E-state index in [4.69, 9.17) is 0 Å². The molecule has 0 aromatic rings. The van der Waals surface area contributed by atoms with Gasteiger partial charge in [0.1, 0.15) is 0 Å². The van der Waals surface area contributed by atoms with E-state index in [2.05, 4.69) is 20.4 Å². The smallest absolute Gasteiger partial charge is 0.0473 e. The van der Waals surface area contributed by atoms with Gasteiger partial charge in [0.2, 0.25) is 0 Å². The quantitative estimate of drug-likeness (QED) is 0.441. The Morgan fingerprint density at radius 3 is 1.08 bits per heavy atom. The first kappa shape index (κ1) is 17.7. The van der Waals surface area contributed by atoms with Crippen LogP contribution >= 0.6 is 0 Å². The Balaban J connectivity index is -0.0000000940. The molecule has 0 saturated heterocycles. The molecule has 0 amide bonds. The molecule has 1 aliphatic rings. The van der Waals surface area contributed by atoms with Crippen molar-refractivity contribution < 1.29 is 0 Å². The highest BCUT2D eigenvalue weighted by atomic mass is 14.0. The molecule has 0 aromatic carbocycles. The van der Waals surface area contributed by atoms with Gasteiger partial charge in [0.05, 0.1) is 0 Å². The Kier molecular flexibility index (Phi) is 45.7. The third-order valence-corrected chi connectivity index (χ3v) is 1.000. The van der Waals surface area contributed by atoms with Crippen LogP contribution in [0, 0.1) is 0 Å². The van der Waals surface area contributed by atoms with E-state index in [9.17, 15) is 0 Å². The fourth-order valence-electron chi connectivity index (χ4n) is 0.250. The Bertz CT molecular complexity index is 38.0. The summed E-state index contributed by atoms with van der Waals surface area (Å²) in [5.74, 6) is 0. The summed E-state index contributed by atoms with van der Waals surface area (Å²) in [5.41, 5.74) is 0. The third kappa shape index (κ3) is 53.2. The molecule has 0 spiro atoms. The largest absolute Gasteiger partial charge is 0.103 e. The normalized spacial score (nSPS) is 11.1. The molecule has 1 aliphatic carbocycles. The lowest BCUT2D eigenvalue weighted by atomic mass is 10.0. The van der Waals surface area contributed by atoms with Crippen molar-refractivity contribution in [3.05, 3.63) is 12.7 Å². The minimum atomic E-state index is 1.25. The zero-order chi connectivity index (χ0) is 10.2. The van der Waals surface area contributed by atoms with Crippen molar-refractivity contribution in [2.45, 2.75) is 66.7 Å². The van der Waals surface area contributed by atoms with Crippen LogP contribution < -0.4 is 0 Å². The monoisotopic (exact) mass is 172 g/mol. The molecule has 0 heteroatoms. The second kappa shape index (κ2) is 30.9. The Labute approximate surface area is 80.1 Å². The van der Waals surface area contributed by atoms with Crippen molar-refractivity contribution in [3.63, 3.8) is 0 Å². The van der Waals surface area contributed by atoms with Gasteiger partial charge in [-0.1, -0.05) is 65.9 Å². The first-order valence-electron chi connectivity index (χ1n) is 5.40. The molecule has 1 rings (SSSR count). The fraction of sp³-hybridized carbons (Fsp3) is 0.833. The van der Waals surface area contributed by atoms with Crippen molar-refractivity contribution in [1.82, 2.24) is 0 Å². The summed E-state index contributed by atoms with van der Waals surface area (Å²) in [5, 5.41) is 0. The van der Waals surface area contributed by atoms with Gasteiger partial charge in [0, 0.05) is 0 Å². The highest BCUT2D eigenvalue weighted by Crippen LogP contribution is 2.15. The topological polar surface area (TPSA) is 0 Å². The molecule has 12 heavy (non-hydrogen) atoms. The Morgan fingerprint density at radius 2 is 1.08 bits per heavy atom. The van der Waals surface area contributed by atoms with Gasteiger partial charge in [-0.25, -0.2) is 0 Å². The highest BCUT2D eigenvalue weighted by Gasteiger charge is 1.95. The van der Waals surface area contributed by atoms with Crippen molar-refractivity contribution in [2.24, 2.45) is 0 Å². The van der Waals surface area contributed by atoms with Crippen LogP contribution in [0.2, 0.25) is 0 Å². The summed E-state index contributed by atoms with van der Waals surface area (Å²) >= 11 is 0. The second-order valence-electron chi connectivity index (χ2n) is 2.53. The summed E-state index contributed by atoms with van der Waals surface area (Å²) in [6.07, 6.45) is 9.00. The molecule has 0 nitrogen and oxygen atoms in total. The van der Waals surface area contributed by atoms with Crippen molar-refractivity contribution in [3.8, 4) is 0 Å². The van der Waals surface area contributed by atoms with Gasteiger partial charge in [-0.2, -0.15) is 0 Å². The maximum Gasteiger partial charge on any atom is -0.0473 e. The molecule has 0 aromatic heterocycles. The molecule has 0 bridgehead atoms. The lowest BCUT2D eigenvalue weighted by Crippen LogP contribution is -1.85. The Hall–Kier alpha value is -0.260. The van der Waals surface area contributed by atoms with Crippen LogP contribution in [-0.4, -0.2) is 0 Å². The molecule has 0 aliphatic heterocycles. The molecular formula is C12H28. The number of allylic oxidation sites excluding steroid dienone is 1. The summed E-state index contributed by atoms with van der Waals surface area (Å²) in [7, 11) is 0. The average molecular weight is 172 g/mol. The van der Waals surface area contributed by atoms with E-state index in [1.54, 1.807) is 6.08 Å². The van der Waals surface area contributed by atoms with E-state index in [0.29, 0.717) is 0 Å². The average Bonchev–Trinajstić information content (AvgIpc) is 1.90. The summed E-state index contributed by atoms with van der Waals surface area (Å²) in [6.45, 7) is 13.5. The summed E-state index contributed by atoms with van der Waals surface area (Å²) in [6, 6.07) is 0. The molecule has 0 unspecified atom stereocenters. The van der Waals surface area contributed by atoms with Gasteiger partial charge in [0.15, 0.2) is 0 Å². The van der Waals surface area contributed by atoms with Crippen LogP contribution in [0.15, 0.2) is 12.7 Å². The van der Waals surface area contributed by atoms with Crippen LogP contribution in [0.1, 0.15) is 66.7 Å². The Morgan fingerprint density at radius 1 is 1.00 bits per heavy atom. The van der Waals surface area contributed by atoms with Gasteiger partial charge in [-0.15, -0.1) is 6.58 Å². The van der Waals surface area contributed by atoms with E-state index in [-0.39, 0.29) is 0 Å². The first-order valence-corrected chi connectivity index (χ1v) is 5.40. The zero-order valence-electron chi connectivity index (χ0n) is 9.82. The van der Waals surface area contributed by atoms with Gasteiger partial charge in [-0.3, -0.25) is 0 Å². The minimum absolute atomic E-state index is 1.25. The van der Waals surface area contributed by atoms with Gasteiger partial charge in [0.25, 0.3) is 0 Å². The van der Waals surface area contributed by atoms with Gasteiger partial charge in [-0.05, 0) is 6.92 Å². The number of hydrogen-bond acceptors (Lipinski definition) is 0. The van der Waals surface area contributed by atoms with Gasteiger partial charge >= 0.3 is 0 Å². The molecule has 1 saturated carbocycles. The fourth-order valence-corrected chi connectivity index (χ4v) is 0.250. The van der Waals surface area contributed by atoms with Gasteiger partial charge < -0.3 is 0 Å². The number of rotatable bonds is 0. The summed E-state index contributed by atoms with van der Waals surface area (Å²) in [4.78, 5) is 0. The molecule has 0 atom stereocenters. The van der Waals surface area contributed by atoms with E-state index in [0.717, 1.165) is 0 Å². The first-order chi connectivity index (χ1) is 5.83. The van der Waals surface area contributed by atoms with Crippen molar-refractivity contribution in [2.75, 3.05) is 0 Å². The highest BCUT2D eigenvalue weighted by molar-refractivity contribution is 4.51. The molecule has 0 radical (unpaired) electrons. The second-order valence-corrected chi connectivity index (χ2v) is 2.53. The maximum absolute atomic E-state index is 3.36. The van der Waals surface area contributed by atoms with E-state index < -0.39 is 0 Å². The third-order valence-electron chi connectivity index (χ3n) is 1.000. The van der Waals surface area contributed by atoms with Crippen LogP contribution in [0.5, 0.6) is 0 Å². The molecule has 0 N–H and O–H groups in total. The van der Waals surface area contributed by atoms with E-state index in [1.807, 2.05) is 20.8 Å². The lowest BCUT2D eigenvalue weighted by Gasteiger charge is -2.05. The minimum Gasteiger partial charge on any atom is -0.103 e. The predicted molar refractivity (Wildman–Crippen MR) is 61.7 cm³/mol. The van der Waals surface area contributed by atoms with Crippen LogP contribution in [0.25, 0.3) is 0 Å². The predicted octanol–water partition coefficient (Wildman–Crippen LogP) is 5.20. The lowest BCUT2D eigenvalue weighted by molar-refractivity contribution is 0.504. The maximum atomic E-state index is 3.36. The van der Waals surface area contributed by atoms with Crippen LogP contribution in [0.3, 0.4) is 0 Å².